The Kier molecular flexibility index (Phi) is 5.92. The predicted octanol–water partition coefficient (Wildman–Crippen LogP) is 5.03. The molecule has 1 aliphatic rings. The fourth-order valence-electron chi connectivity index (χ4n) is 3.81. The number of rotatable bonds is 6. The molecule has 3 aromatic rings. The van der Waals surface area contributed by atoms with Crippen LogP contribution in [0.2, 0.25) is 4.34 Å². The van der Waals surface area contributed by atoms with Gasteiger partial charge in [0.1, 0.15) is 26.8 Å². The zero-order chi connectivity index (χ0) is 25.9. The van der Waals surface area contributed by atoms with Gasteiger partial charge in [-0.1, -0.05) is 16.8 Å². The van der Waals surface area contributed by atoms with E-state index in [1.165, 1.54) is 11.0 Å². The van der Waals surface area contributed by atoms with E-state index < -0.39 is 40.6 Å². The summed E-state index contributed by atoms with van der Waals surface area (Å²) in [5, 5.41) is 20.3. The van der Waals surface area contributed by atoms with Crippen LogP contribution < -0.4 is 0 Å². The Labute approximate surface area is 204 Å². The molecule has 0 unspecified atom stereocenters. The number of carbonyl (C=O) groups excluding carboxylic acids is 1. The van der Waals surface area contributed by atoms with Crippen molar-refractivity contribution in [1.82, 2.24) is 29.7 Å². The number of amides is 1. The first-order valence-electron chi connectivity index (χ1n) is 10.2. The van der Waals surface area contributed by atoms with Crippen molar-refractivity contribution in [2.75, 3.05) is 6.54 Å². The van der Waals surface area contributed by atoms with Gasteiger partial charge in [0.05, 0.1) is 22.7 Å². The van der Waals surface area contributed by atoms with Crippen LogP contribution in [0.15, 0.2) is 12.3 Å². The van der Waals surface area contributed by atoms with Crippen LogP contribution in [0.25, 0.3) is 16.4 Å². The maximum Gasteiger partial charge on any atom is 0.422 e. The molecule has 4 rings (SSSR count). The highest BCUT2D eigenvalue weighted by molar-refractivity contribution is 7.19. The van der Waals surface area contributed by atoms with Crippen LogP contribution in [0.5, 0.6) is 0 Å². The average molecular weight is 534 g/mol. The molecule has 1 amide bonds. The number of nitrogens with zero attached hydrogens (tertiary/aromatic N) is 7. The van der Waals surface area contributed by atoms with Crippen LogP contribution in [-0.2, 0) is 19.1 Å². The van der Waals surface area contributed by atoms with Gasteiger partial charge in [-0.05, 0) is 25.8 Å². The summed E-state index contributed by atoms with van der Waals surface area (Å²) in [6, 6.07) is 3.57. The lowest BCUT2D eigenvalue weighted by molar-refractivity contribution is -0.141. The molecule has 0 bridgehead atoms. The van der Waals surface area contributed by atoms with Gasteiger partial charge in [0, 0.05) is 20.5 Å². The van der Waals surface area contributed by atoms with Gasteiger partial charge >= 0.3 is 6.18 Å². The van der Waals surface area contributed by atoms with Crippen molar-refractivity contribution in [2.24, 2.45) is 7.05 Å². The first-order valence-corrected chi connectivity index (χ1v) is 11.4. The molecule has 15 heteroatoms. The van der Waals surface area contributed by atoms with E-state index in [0.29, 0.717) is 34.0 Å². The molecule has 8 nitrogen and oxygen atoms in total. The molecule has 0 saturated heterocycles. The number of thiophene rings is 1. The first kappa shape index (κ1) is 25.1. The van der Waals surface area contributed by atoms with Gasteiger partial charge in [0.2, 0.25) is 0 Å². The van der Waals surface area contributed by atoms with E-state index in [4.69, 9.17) is 11.6 Å². The van der Waals surface area contributed by atoms with Crippen molar-refractivity contribution < 1.29 is 26.7 Å². The first-order chi connectivity index (χ1) is 16.2. The number of nitriles is 1. The average Bonchev–Trinajstić information content (AvgIpc) is 3.08. The van der Waals surface area contributed by atoms with Gasteiger partial charge in [-0.2, -0.15) is 32.3 Å². The van der Waals surface area contributed by atoms with E-state index in [0.717, 1.165) is 24.6 Å². The highest BCUT2D eigenvalue weighted by Crippen LogP contribution is 2.44. The predicted molar refractivity (Wildman–Crippen MR) is 115 cm³/mol. The van der Waals surface area contributed by atoms with E-state index in [1.807, 2.05) is 0 Å². The number of carbonyl (C=O) groups is 1. The summed E-state index contributed by atoms with van der Waals surface area (Å²) in [4.78, 5) is 14.8. The number of halogens is 6. The maximum absolute atomic E-state index is 13.9. The number of aryl methyl sites for hydroxylation is 1. The molecule has 0 N–H and O–H groups in total. The smallest absolute Gasteiger partial charge is 0.320 e. The number of alkyl halides is 5. The van der Waals surface area contributed by atoms with E-state index in [-0.39, 0.29) is 22.1 Å². The van der Waals surface area contributed by atoms with E-state index in [1.54, 1.807) is 6.92 Å². The van der Waals surface area contributed by atoms with Crippen molar-refractivity contribution in [1.29, 1.82) is 5.26 Å². The topological polar surface area (TPSA) is 92.6 Å². The molecule has 1 saturated carbocycles. The molecule has 35 heavy (non-hydrogen) atoms. The van der Waals surface area contributed by atoms with Crippen LogP contribution >= 0.6 is 22.9 Å². The van der Waals surface area contributed by atoms with Crippen LogP contribution in [0.1, 0.15) is 48.3 Å². The second kappa shape index (κ2) is 8.27. The molecule has 0 spiro atoms. The molecular weight excluding hydrogens is 517 g/mol. The molecule has 0 aromatic carbocycles. The summed E-state index contributed by atoms with van der Waals surface area (Å²) < 4.78 is 70.4. The monoisotopic (exact) mass is 533 g/mol. The highest BCUT2D eigenvalue weighted by Gasteiger charge is 2.51. The largest absolute Gasteiger partial charge is 0.422 e. The third-order valence-corrected chi connectivity index (χ3v) is 6.99. The van der Waals surface area contributed by atoms with Gasteiger partial charge < -0.3 is 4.90 Å². The lowest BCUT2D eigenvalue weighted by Gasteiger charge is -2.25. The number of aromatic nitrogens is 5. The third-order valence-electron chi connectivity index (χ3n) is 5.61. The Bertz CT molecular complexity index is 1340. The molecule has 0 radical (unpaired) electrons. The molecule has 3 heterocycles. The minimum atomic E-state index is -5.14. The Morgan fingerprint density at radius 1 is 1.34 bits per heavy atom. The normalized spacial score (nSPS) is 15.2. The summed E-state index contributed by atoms with van der Waals surface area (Å²) in [6.07, 6.45) is -2.93. The second-order valence-corrected chi connectivity index (χ2v) is 9.75. The third kappa shape index (κ3) is 4.27. The minimum Gasteiger partial charge on any atom is -0.320 e. The van der Waals surface area contributed by atoms with E-state index in [9.17, 15) is 32.0 Å². The summed E-state index contributed by atoms with van der Waals surface area (Å²) in [5.74, 6) is -5.05. The Morgan fingerprint density at radius 3 is 2.51 bits per heavy atom. The summed E-state index contributed by atoms with van der Waals surface area (Å²) in [7, 11) is 1.09. The Balaban J connectivity index is 1.73. The summed E-state index contributed by atoms with van der Waals surface area (Å²) in [6.45, 7) is 2.35. The van der Waals surface area contributed by atoms with Crippen LogP contribution in [0.4, 0.5) is 22.0 Å². The zero-order valence-electron chi connectivity index (χ0n) is 18.5. The maximum atomic E-state index is 13.9. The lowest BCUT2D eigenvalue weighted by atomic mass is 10.1. The standard InChI is InChI=1S/C20H17ClF5N7OS/c1-4-32(19(9-27)5-6-19)17(34)10-7-12(35-15(10)21)11-8-33(30-28-11)16-13(20(24,25)26)14(18(2,22)23)29-31(16)3/h7-8H,4-6H2,1-3H3. The second-order valence-electron chi connectivity index (χ2n) is 8.10. The molecule has 186 valence electrons. The quantitative estimate of drug-likeness (QED) is 0.414. The molecular formula is C20H17ClF5N7OS. The molecule has 0 aliphatic heterocycles. The minimum absolute atomic E-state index is 0.0690. The van der Waals surface area contributed by atoms with Crippen LogP contribution in [-0.4, -0.2) is 47.7 Å². The van der Waals surface area contributed by atoms with E-state index >= 15 is 0 Å². The SMILES string of the molecule is CCN(C(=O)c1cc(-c2cn(-c3c(C(F)(F)F)c(C(C)(F)F)nn3C)nn2)sc1Cl)C1(C#N)CC1. The number of hydrogen-bond acceptors (Lipinski definition) is 6. The molecule has 3 aromatic heterocycles. The fraction of sp³-hybridized carbons (Fsp3) is 0.450. The van der Waals surface area contributed by atoms with Crippen LogP contribution in [0, 0.1) is 11.3 Å². The van der Waals surface area contributed by atoms with Gasteiger partial charge in [0.25, 0.3) is 11.8 Å². The molecule has 1 aliphatic carbocycles. The Hall–Kier alpha value is -3.05. The molecule has 0 atom stereocenters. The fourth-order valence-corrected chi connectivity index (χ4v) is 5.02. The van der Waals surface area contributed by atoms with Crippen molar-refractivity contribution in [3.63, 3.8) is 0 Å². The summed E-state index contributed by atoms with van der Waals surface area (Å²) in [5.41, 5.74) is -3.74. The summed E-state index contributed by atoms with van der Waals surface area (Å²) >= 11 is 7.23. The Morgan fingerprint density at radius 2 is 2.00 bits per heavy atom. The van der Waals surface area contributed by atoms with Gasteiger partial charge in [-0.15, -0.1) is 16.4 Å². The zero-order valence-corrected chi connectivity index (χ0v) is 20.1. The van der Waals surface area contributed by atoms with Gasteiger partial charge in [-0.3, -0.25) is 4.79 Å². The van der Waals surface area contributed by atoms with Crippen molar-refractivity contribution in [3.8, 4) is 22.5 Å². The molecule has 1 fully saturated rings. The highest BCUT2D eigenvalue weighted by atomic mass is 35.5. The lowest BCUT2D eigenvalue weighted by Crippen LogP contribution is -2.41. The van der Waals surface area contributed by atoms with Crippen molar-refractivity contribution >= 4 is 28.8 Å². The van der Waals surface area contributed by atoms with Crippen LogP contribution in [0.3, 0.4) is 0 Å². The number of hydrogen-bond donors (Lipinski definition) is 0. The van der Waals surface area contributed by atoms with Gasteiger partial charge in [-0.25, -0.2) is 9.36 Å². The van der Waals surface area contributed by atoms with Crippen molar-refractivity contribution in [3.05, 3.63) is 33.4 Å². The van der Waals surface area contributed by atoms with Gasteiger partial charge in [0.15, 0.2) is 5.82 Å². The van der Waals surface area contributed by atoms with E-state index in [2.05, 4.69) is 21.5 Å². The van der Waals surface area contributed by atoms with Crippen molar-refractivity contribution in [2.45, 2.75) is 44.3 Å².